The number of rotatable bonds is 1. The van der Waals surface area contributed by atoms with E-state index >= 15 is 0 Å². The van der Waals surface area contributed by atoms with Crippen LogP contribution in [0, 0.1) is 5.92 Å². The van der Waals surface area contributed by atoms with Gasteiger partial charge < -0.3 is 4.90 Å². The molecule has 0 radical (unpaired) electrons. The summed E-state index contributed by atoms with van der Waals surface area (Å²) in [4.78, 5) is 29.4. The van der Waals surface area contributed by atoms with Gasteiger partial charge in [-0.2, -0.15) is 0 Å². The minimum absolute atomic E-state index is 0.0739. The molecule has 1 aliphatic heterocycles. The van der Waals surface area contributed by atoms with Crippen LogP contribution < -0.4 is 0 Å². The van der Waals surface area contributed by atoms with Crippen molar-refractivity contribution < 1.29 is 9.59 Å². The van der Waals surface area contributed by atoms with E-state index in [0.29, 0.717) is 29.7 Å². The first kappa shape index (κ1) is 12.2. The van der Waals surface area contributed by atoms with Gasteiger partial charge in [0.15, 0.2) is 0 Å². The highest BCUT2D eigenvalue weighted by Gasteiger charge is 2.28. The lowest BCUT2D eigenvalue weighted by Gasteiger charge is -2.29. The summed E-state index contributed by atoms with van der Waals surface area (Å²) in [5.74, 6) is 0.0427. The maximum absolute atomic E-state index is 12.2. The second kappa shape index (κ2) is 4.96. The Morgan fingerprint density at radius 2 is 2.35 bits per heavy atom. The summed E-state index contributed by atoms with van der Waals surface area (Å²) in [5, 5.41) is 0. The van der Waals surface area contributed by atoms with Crippen molar-refractivity contribution in [3.63, 3.8) is 0 Å². The molecule has 1 unspecified atom stereocenters. The Morgan fingerprint density at radius 3 is 3.00 bits per heavy atom. The Labute approximate surface area is 108 Å². The van der Waals surface area contributed by atoms with Gasteiger partial charge in [0.25, 0.3) is 5.91 Å². The van der Waals surface area contributed by atoms with Gasteiger partial charge >= 0.3 is 0 Å². The van der Waals surface area contributed by atoms with Crippen molar-refractivity contribution >= 4 is 27.6 Å². The number of aromatic nitrogens is 1. The largest absolute Gasteiger partial charge is 0.336 e. The number of likely N-dealkylation sites (tertiary alicyclic amines) is 1. The average molecular weight is 297 g/mol. The molecule has 2 heterocycles. The summed E-state index contributed by atoms with van der Waals surface area (Å²) in [6.07, 6.45) is 2.04. The number of ketones is 1. The standard InChI is InChI=1S/C12H13BrN2O2/c1-8-7-15(6-4-10(8)16)12(17)11-9(13)3-2-5-14-11/h2-3,5,8H,4,6-7H2,1H3. The minimum atomic E-state index is -0.114. The smallest absolute Gasteiger partial charge is 0.273 e. The number of hydrogen-bond donors (Lipinski definition) is 0. The highest BCUT2D eigenvalue weighted by molar-refractivity contribution is 9.10. The van der Waals surface area contributed by atoms with Crippen molar-refractivity contribution in [2.45, 2.75) is 13.3 Å². The molecule has 0 saturated carbocycles. The molecule has 0 spiro atoms. The van der Waals surface area contributed by atoms with Gasteiger partial charge in [-0.25, -0.2) is 4.98 Å². The summed E-state index contributed by atoms with van der Waals surface area (Å²) < 4.78 is 0.689. The lowest BCUT2D eigenvalue weighted by Crippen LogP contribution is -2.43. The molecule has 1 aromatic heterocycles. The number of pyridine rings is 1. The molecule has 1 fully saturated rings. The fraction of sp³-hybridized carbons (Fsp3) is 0.417. The number of amides is 1. The van der Waals surface area contributed by atoms with Crippen molar-refractivity contribution in [1.82, 2.24) is 9.88 Å². The van der Waals surface area contributed by atoms with Crippen LogP contribution in [0.3, 0.4) is 0 Å². The van der Waals surface area contributed by atoms with E-state index in [4.69, 9.17) is 0 Å². The van der Waals surface area contributed by atoms with Crippen molar-refractivity contribution in [2.24, 2.45) is 5.92 Å². The van der Waals surface area contributed by atoms with Crippen molar-refractivity contribution in [2.75, 3.05) is 13.1 Å². The summed E-state index contributed by atoms with van der Waals surface area (Å²) in [5.41, 5.74) is 0.411. The normalized spacial score (nSPS) is 20.5. The molecule has 0 N–H and O–H groups in total. The third kappa shape index (κ3) is 2.54. The van der Waals surface area contributed by atoms with Crippen LogP contribution in [0.25, 0.3) is 0 Å². The minimum Gasteiger partial charge on any atom is -0.336 e. The predicted octanol–water partition coefficient (Wildman–Crippen LogP) is 1.90. The fourth-order valence-electron chi connectivity index (χ4n) is 1.89. The molecule has 17 heavy (non-hydrogen) atoms. The van der Waals surface area contributed by atoms with Crippen LogP contribution in [0.5, 0.6) is 0 Å². The van der Waals surface area contributed by atoms with Crippen LogP contribution in [0.2, 0.25) is 0 Å². The lowest BCUT2D eigenvalue weighted by molar-refractivity contribution is -0.124. The Bertz CT molecular complexity index is 462. The molecule has 5 heteroatoms. The van der Waals surface area contributed by atoms with Gasteiger partial charge in [0, 0.05) is 36.1 Å². The highest BCUT2D eigenvalue weighted by Crippen LogP contribution is 2.19. The van der Waals surface area contributed by atoms with Crippen molar-refractivity contribution in [3.8, 4) is 0 Å². The van der Waals surface area contributed by atoms with E-state index in [1.165, 1.54) is 0 Å². The van der Waals surface area contributed by atoms with Crippen molar-refractivity contribution in [3.05, 3.63) is 28.5 Å². The van der Waals surface area contributed by atoms with Gasteiger partial charge in [-0.3, -0.25) is 9.59 Å². The zero-order valence-corrected chi connectivity index (χ0v) is 11.1. The van der Waals surface area contributed by atoms with Crippen LogP contribution in [0.1, 0.15) is 23.8 Å². The fourth-order valence-corrected chi connectivity index (χ4v) is 2.32. The Balaban J connectivity index is 2.16. The number of carbonyl (C=O) groups is 2. The molecule has 1 atom stereocenters. The van der Waals surface area contributed by atoms with Crippen LogP contribution in [0.4, 0.5) is 0 Å². The van der Waals surface area contributed by atoms with E-state index in [9.17, 15) is 9.59 Å². The summed E-state index contributed by atoms with van der Waals surface area (Å²) in [7, 11) is 0. The molecule has 2 rings (SSSR count). The highest BCUT2D eigenvalue weighted by atomic mass is 79.9. The number of hydrogen-bond acceptors (Lipinski definition) is 3. The average Bonchev–Trinajstić information content (AvgIpc) is 2.32. The second-order valence-electron chi connectivity index (χ2n) is 4.20. The van der Waals surface area contributed by atoms with Gasteiger partial charge in [0.2, 0.25) is 0 Å². The lowest BCUT2D eigenvalue weighted by atomic mass is 9.98. The Morgan fingerprint density at radius 1 is 1.59 bits per heavy atom. The molecule has 4 nitrogen and oxygen atoms in total. The maximum Gasteiger partial charge on any atom is 0.273 e. The first-order valence-corrected chi connectivity index (χ1v) is 6.31. The maximum atomic E-state index is 12.2. The zero-order valence-electron chi connectivity index (χ0n) is 9.52. The third-order valence-electron chi connectivity index (χ3n) is 2.92. The summed E-state index contributed by atoms with van der Waals surface area (Å²) in [6.45, 7) is 2.83. The molecule has 0 bridgehead atoms. The Kier molecular flexibility index (Phi) is 3.57. The molecular weight excluding hydrogens is 284 g/mol. The summed E-state index contributed by atoms with van der Waals surface area (Å²) in [6, 6.07) is 3.56. The monoisotopic (exact) mass is 296 g/mol. The Hall–Kier alpha value is -1.23. The van der Waals surface area contributed by atoms with Crippen LogP contribution in [0.15, 0.2) is 22.8 Å². The van der Waals surface area contributed by atoms with E-state index in [2.05, 4.69) is 20.9 Å². The van der Waals surface area contributed by atoms with E-state index in [1.54, 1.807) is 23.2 Å². The number of carbonyl (C=O) groups excluding carboxylic acids is 2. The van der Waals surface area contributed by atoms with Crippen LogP contribution in [-0.4, -0.2) is 34.7 Å². The van der Waals surface area contributed by atoms with Gasteiger partial charge in [-0.05, 0) is 28.1 Å². The van der Waals surface area contributed by atoms with Gasteiger partial charge in [-0.15, -0.1) is 0 Å². The van der Waals surface area contributed by atoms with Gasteiger partial charge in [-0.1, -0.05) is 6.92 Å². The predicted molar refractivity (Wildman–Crippen MR) is 66.6 cm³/mol. The molecule has 1 aromatic rings. The molecule has 1 saturated heterocycles. The molecule has 1 aliphatic rings. The summed E-state index contributed by atoms with van der Waals surface area (Å²) >= 11 is 3.31. The number of piperidine rings is 1. The first-order valence-electron chi connectivity index (χ1n) is 5.52. The topological polar surface area (TPSA) is 50.3 Å². The molecular formula is C12H13BrN2O2. The van der Waals surface area contributed by atoms with Crippen molar-refractivity contribution in [1.29, 1.82) is 0 Å². The third-order valence-corrected chi connectivity index (χ3v) is 3.56. The molecule has 0 aliphatic carbocycles. The molecule has 0 aromatic carbocycles. The SMILES string of the molecule is CC1CN(C(=O)c2ncccc2Br)CCC1=O. The van der Waals surface area contributed by atoms with Gasteiger partial charge in [0.05, 0.1) is 0 Å². The zero-order chi connectivity index (χ0) is 12.4. The van der Waals surface area contributed by atoms with E-state index in [-0.39, 0.29) is 17.6 Å². The number of Topliss-reactive ketones (excluding diaryl/α,β-unsaturated/α-hetero) is 1. The van der Waals surface area contributed by atoms with E-state index < -0.39 is 0 Å². The molecule has 90 valence electrons. The number of nitrogens with zero attached hydrogens (tertiary/aromatic N) is 2. The quantitative estimate of drug-likeness (QED) is 0.795. The van der Waals surface area contributed by atoms with Crippen LogP contribution >= 0.6 is 15.9 Å². The first-order chi connectivity index (χ1) is 8.09. The number of halogens is 1. The van der Waals surface area contributed by atoms with E-state index in [0.717, 1.165) is 0 Å². The van der Waals surface area contributed by atoms with Crippen LogP contribution in [-0.2, 0) is 4.79 Å². The molecule has 1 amide bonds. The van der Waals surface area contributed by atoms with E-state index in [1.807, 2.05) is 6.92 Å². The second-order valence-corrected chi connectivity index (χ2v) is 5.06. The van der Waals surface area contributed by atoms with Gasteiger partial charge in [0.1, 0.15) is 11.5 Å².